The molecule has 0 unspecified atom stereocenters. The SMILES string of the molecule is Cc1ccc(-c2sc(=S)n3c4ccccc4c(=O)n(Cc4cccc(Cl)c4)c23)cc1. The topological polar surface area (TPSA) is 26.4 Å². The molecule has 5 rings (SSSR count). The molecule has 148 valence electrons. The van der Waals surface area contributed by atoms with Crippen molar-refractivity contribution in [2.45, 2.75) is 13.5 Å². The van der Waals surface area contributed by atoms with E-state index in [1.54, 1.807) is 0 Å². The van der Waals surface area contributed by atoms with Gasteiger partial charge in [0, 0.05) is 5.02 Å². The van der Waals surface area contributed by atoms with Gasteiger partial charge in [-0.1, -0.05) is 65.7 Å². The standard InChI is InChI=1S/C24H17ClN2OS2/c1-15-9-11-17(12-10-15)21-22-26(14-16-5-4-6-18(25)13-16)23(28)19-7-2-3-8-20(19)27(22)24(29)30-21/h2-13H,14H2,1H3. The van der Waals surface area contributed by atoms with Gasteiger partial charge in [0.25, 0.3) is 5.56 Å². The third kappa shape index (κ3) is 3.19. The van der Waals surface area contributed by atoms with Gasteiger partial charge in [0.2, 0.25) is 0 Å². The molecule has 3 nitrogen and oxygen atoms in total. The minimum absolute atomic E-state index is 0.0354. The first kappa shape index (κ1) is 19.2. The summed E-state index contributed by atoms with van der Waals surface area (Å²) in [5.41, 5.74) is 4.82. The zero-order chi connectivity index (χ0) is 20.8. The maximum absolute atomic E-state index is 13.6. The zero-order valence-electron chi connectivity index (χ0n) is 16.1. The second-order valence-corrected chi connectivity index (χ2v) is 9.34. The Labute approximate surface area is 187 Å². The maximum atomic E-state index is 13.6. The van der Waals surface area contributed by atoms with Crippen molar-refractivity contribution in [2.24, 2.45) is 0 Å². The van der Waals surface area contributed by atoms with Crippen LogP contribution in [0.3, 0.4) is 0 Å². The quantitative estimate of drug-likeness (QED) is 0.286. The van der Waals surface area contributed by atoms with E-state index in [2.05, 4.69) is 31.2 Å². The van der Waals surface area contributed by atoms with Crippen LogP contribution in [0.4, 0.5) is 0 Å². The molecule has 3 aromatic carbocycles. The summed E-state index contributed by atoms with van der Waals surface area (Å²) in [6, 6.07) is 23.6. The first-order valence-corrected chi connectivity index (χ1v) is 11.1. The largest absolute Gasteiger partial charge is 0.288 e. The predicted octanol–water partition coefficient (Wildman–Crippen LogP) is 6.72. The van der Waals surface area contributed by atoms with E-state index in [1.807, 2.05) is 57.5 Å². The number of rotatable bonds is 3. The van der Waals surface area contributed by atoms with E-state index >= 15 is 0 Å². The van der Waals surface area contributed by atoms with Crippen LogP contribution in [0.1, 0.15) is 11.1 Å². The Kier molecular flexibility index (Phi) is 4.82. The second-order valence-electron chi connectivity index (χ2n) is 7.26. The van der Waals surface area contributed by atoms with Gasteiger partial charge in [0.05, 0.1) is 22.3 Å². The summed E-state index contributed by atoms with van der Waals surface area (Å²) in [6.07, 6.45) is 0. The summed E-state index contributed by atoms with van der Waals surface area (Å²) in [7, 11) is 0. The Hall–Kier alpha value is -2.73. The highest BCUT2D eigenvalue weighted by molar-refractivity contribution is 7.73. The summed E-state index contributed by atoms with van der Waals surface area (Å²) in [5, 5.41) is 1.30. The molecule has 0 aliphatic carbocycles. The van der Waals surface area contributed by atoms with E-state index in [-0.39, 0.29) is 5.56 Å². The van der Waals surface area contributed by atoms with Gasteiger partial charge in [0.15, 0.2) is 3.95 Å². The summed E-state index contributed by atoms with van der Waals surface area (Å²) in [5.74, 6) is 0. The van der Waals surface area contributed by atoms with Crippen molar-refractivity contribution in [2.75, 3.05) is 0 Å². The fourth-order valence-electron chi connectivity index (χ4n) is 3.77. The Bertz CT molecular complexity index is 1530. The minimum atomic E-state index is -0.0354. The monoisotopic (exact) mass is 448 g/mol. The van der Waals surface area contributed by atoms with Crippen LogP contribution in [0.2, 0.25) is 5.02 Å². The molecule has 5 aromatic rings. The second kappa shape index (κ2) is 7.51. The highest BCUT2D eigenvalue weighted by Gasteiger charge is 2.18. The fraction of sp³-hybridized carbons (Fsp3) is 0.0833. The number of halogens is 1. The third-order valence-corrected chi connectivity index (χ3v) is 6.85. The first-order valence-electron chi connectivity index (χ1n) is 9.51. The molecule has 0 amide bonds. The Morgan fingerprint density at radius 2 is 1.77 bits per heavy atom. The lowest BCUT2D eigenvalue weighted by Crippen LogP contribution is -2.23. The highest BCUT2D eigenvalue weighted by Crippen LogP contribution is 2.33. The average Bonchev–Trinajstić information content (AvgIpc) is 3.09. The van der Waals surface area contributed by atoms with E-state index < -0.39 is 0 Å². The number of thiazole rings is 1. The lowest BCUT2D eigenvalue weighted by atomic mass is 10.1. The van der Waals surface area contributed by atoms with Crippen LogP contribution >= 0.6 is 35.2 Å². The summed E-state index contributed by atoms with van der Waals surface area (Å²) < 4.78 is 4.56. The molecule has 2 aromatic heterocycles. The average molecular weight is 449 g/mol. The first-order chi connectivity index (χ1) is 14.5. The molecule has 0 fully saturated rings. The smallest absolute Gasteiger partial charge is 0.261 e. The number of aryl methyl sites for hydroxylation is 1. The van der Waals surface area contributed by atoms with Crippen LogP contribution in [0, 0.1) is 10.9 Å². The van der Waals surface area contributed by atoms with E-state index in [9.17, 15) is 4.79 Å². The van der Waals surface area contributed by atoms with Crippen LogP contribution in [-0.2, 0) is 6.54 Å². The van der Waals surface area contributed by atoms with Crippen molar-refractivity contribution < 1.29 is 0 Å². The number of hydrogen-bond acceptors (Lipinski definition) is 3. The number of benzene rings is 3. The molecular weight excluding hydrogens is 432 g/mol. The van der Waals surface area contributed by atoms with Crippen molar-refractivity contribution in [3.05, 3.63) is 103 Å². The number of fused-ring (bicyclic) bond motifs is 3. The van der Waals surface area contributed by atoms with E-state index in [0.717, 1.165) is 31.1 Å². The predicted molar refractivity (Wildman–Crippen MR) is 129 cm³/mol. The van der Waals surface area contributed by atoms with Gasteiger partial charge in [-0.25, -0.2) is 0 Å². The number of para-hydroxylation sites is 1. The molecule has 2 heterocycles. The molecular formula is C24H17ClN2OS2. The molecule has 0 spiro atoms. The van der Waals surface area contributed by atoms with Crippen LogP contribution in [0.25, 0.3) is 27.0 Å². The van der Waals surface area contributed by atoms with Gasteiger partial charge >= 0.3 is 0 Å². The third-order valence-electron chi connectivity index (χ3n) is 5.21. The van der Waals surface area contributed by atoms with Gasteiger partial charge in [-0.2, -0.15) is 0 Å². The van der Waals surface area contributed by atoms with Crippen LogP contribution in [0.5, 0.6) is 0 Å². The molecule has 0 saturated carbocycles. The van der Waals surface area contributed by atoms with Crippen molar-refractivity contribution in [1.29, 1.82) is 0 Å². The van der Waals surface area contributed by atoms with Crippen molar-refractivity contribution in [1.82, 2.24) is 8.97 Å². The molecule has 0 atom stereocenters. The summed E-state index contributed by atoms with van der Waals surface area (Å²) >= 11 is 13.5. The molecule has 0 aliphatic heterocycles. The normalized spacial score (nSPS) is 11.4. The molecule has 0 N–H and O–H groups in total. The van der Waals surface area contributed by atoms with Crippen LogP contribution in [-0.4, -0.2) is 8.97 Å². The molecule has 0 bridgehead atoms. The van der Waals surface area contributed by atoms with Gasteiger partial charge in [-0.15, -0.1) is 11.3 Å². The molecule has 0 saturated heterocycles. The number of hydrogen-bond donors (Lipinski definition) is 0. The van der Waals surface area contributed by atoms with Crippen molar-refractivity contribution in [3.8, 4) is 10.4 Å². The van der Waals surface area contributed by atoms with Gasteiger partial charge < -0.3 is 0 Å². The number of nitrogens with zero attached hydrogens (tertiary/aromatic N) is 2. The zero-order valence-corrected chi connectivity index (χ0v) is 18.5. The maximum Gasteiger partial charge on any atom is 0.261 e. The van der Waals surface area contributed by atoms with Gasteiger partial charge in [0.1, 0.15) is 5.65 Å². The molecule has 0 aliphatic rings. The van der Waals surface area contributed by atoms with Crippen LogP contribution < -0.4 is 5.56 Å². The molecule has 30 heavy (non-hydrogen) atoms. The van der Waals surface area contributed by atoms with Gasteiger partial charge in [-0.05, 0) is 54.5 Å². The van der Waals surface area contributed by atoms with E-state index in [4.69, 9.17) is 23.8 Å². The molecule has 6 heteroatoms. The summed E-state index contributed by atoms with van der Waals surface area (Å²) in [4.78, 5) is 14.6. The van der Waals surface area contributed by atoms with Crippen molar-refractivity contribution in [3.63, 3.8) is 0 Å². The highest BCUT2D eigenvalue weighted by atomic mass is 35.5. The Morgan fingerprint density at radius 3 is 2.53 bits per heavy atom. The van der Waals surface area contributed by atoms with Crippen molar-refractivity contribution >= 4 is 51.7 Å². The Morgan fingerprint density at radius 1 is 1.00 bits per heavy atom. The van der Waals surface area contributed by atoms with Crippen LogP contribution in [0.15, 0.2) is 77.6 Å². The lowest BCUT2D eigenvalue weighted by Gasteiger charge is -2.14. The fourth-order valence-corrected chi connectivity index (χ4v) is 5.42. The minimum Gasteiger partial charge on any atom is -0.288 e. The Balaban J connectivity index is 1.90. The van der Waals surface area contributed by atoms with E-state index in [1.165, 1.54) is 16.9 Å². The van der Waals surface area contributed by atoms with E-state index in [0.29, 0.717) is 17.0 Å². The summed E-state index contributed by atoms with van der Waals surface area (Å²) in [6.45, 7) is 2.48. The molecule has 0 radical (unpaired) electrons. The van der Waals surface area contributed by atoms with Gasteiger partial charge in [-0.3, -0.25) is 13.8 Å². The number of aromatic nitrogens is 2. The lowest BCUT2D eigenvalue weighted by molar-refractivity contribution is 0.781.